The smallest absolute Gasteiger partial charge is 0.0518 e. The molecule has 0 radical (unpaired) electrons. The molecule has 3 aliphatic carbocycles. The maximum atomic E-state index is 6.00. The number of allylic oxidation sites excluding steroid dienone is 2. The van der Waals surface area contributed by atoms with Gasteiger partial charge in [0.25, 0.3) is 0 Å². The van der Waals surface area contributed by atoms with E-state index in [0.717, 1.165) is 11.8 Å². The molecule has 3 rings (SSSR count). The standard InChI is InChI=1S/C11H14BrN/c12-10-4-8-6-1-2-7(3-6)9(8)5-11(10)13/h4-7,10-11H,1-3,13H2. The predicted molar refractivity (Wildman–Crippen MR) is 57.7 cm³/mol. The summed E-state index contributed by atoms with van der Waals surface area (Å²) in [6.45, 7) is 0. The average Bonchev–Trinajstić information content (AvgIpc) is 2.67. The van der Waals surface area contributed by atoms with E-state index in [1.807, 2.05) is 0 Å². The maximum absolute atomic E-state index is 6.00. The highest BCUT2D eigenvalue weighted by molar-refractivity contribution is 9.09. The Morgan fingerprint density at radius 2 is 1.77 bits per heavy atom. The lowest BCUT2D eigenvalue weighted by atomic mass is 9.84. The molecule has 2 bridgehead atoms. The Morgan fingerprint density at radius 3 is 2.46 bits per heavy atom. The van der Waals surface area contributed by atoms with Crippen molar-refractivity contribution in [1.29, 1.82) is 0 Å². The van der Waals surface area contributed by atoms with Gasteiger partial charge in [-0.3, -0.25) is 0 Å². The first-order valence-corrected chi connectivity index (χ1v) is 6.00. The fraction of sp³-hybridized carbons (Fsp3) is 0.636. The summed E-state index contributed by atoms with van der Waals surface area (Å²) in [5.41, 5.74) is 9.19. The molecule has 0 heterocycles. The van der Waals surface area contributed by atoms with E-state index in [9.17, 15) is 0 Å². The minimum Gasteiger partial charge on any atom is -0.323 e. The summed E-state index contributed by atoms with van der Waals surface area (Å²) in [7, 11) is 0. The molecular formula is C11H14BrN. The van der Waals surface area contributed by atoms with Crippen LogP contribution in [-0.2, 0) is 0 Å². The molecule has 0 saturated heterocycles. The van der Waals surface area contributed by atoms with Crippen molar-refractivity contribution in [3.05, 3.63) is 23.3 Å². The molecule has 0 aliphatic heterocycles. The summed E-state index contributed by atoms with van der Waals surface area (Å²) < 4.78 is 0. The SMILES string of the molecule is NC1C=C2C(=CC1Br)C1CCC2C1. The summed E-state index contributed by atoms with van der Waals surface area (Å²) in [6.07, 6.45) is 8.84. The minimum absolute atomic E-state index is 0.193. The molecule has 13 heavy (non-hydrogen) atoms. The average molecular weight is 240 g/mol. The first-order valence-electron chi connectivity index (χ1n) is 5.09. The van der Waals surface area contributed by atoms with Gasteiger partial charge in [0.2, 0.25) is 0 Å². The lowest BCUT2D eigenvalue weighted by Gasteiger charge is -2.26. The van der Waals surface area contributed by atoms with E-state index >= 15 is 0 Å². The summed E-state index contributed by atoms with van der Waals surface area (Å²) in [4.78, 5) is 0.366. The van der Waals surface area contributed by atoms with Crippen molar-refractivity contribution in [1.82, 2.24) is 0 Å². The van der Waals surface area contributed by atoms with Gasteiger partial charge in [-0.25, -0.2) is 0 Å². The van der Waals surface area contributed by atoms with Gasteiger partial charge in [0, 0.05) is 6.04 Å². The van der Waals surface area contributed by atoms with Crippen LogP contribution in [0.4, 0.5) is 0 Å². The Kier molecular flexibility index (Phi) is 1.72. The third-order valence-corrected chi connectivity index (χ3v) is 4.60. The fourth-order valence-electron chi connectivity index (χ4n) is 3.06. The number of fused-ring (bicyclic) bond motifs is 5. The van der Waals surface area contributed by atoms with Crippen molar-refractivity contribution < 1.29 is 0 Å². The normalized spacial score (nSPS) is 47.2. The zero-order valence-corrected chi connectivity index (χ0v) is 9.13. The fourth-order valence-corrected chi connectivity index (χ4v) is 3.50. The summed E-state index contributed by atoms with van der Waals surface area (Å²) in [5.74, 6) is 1.71. The van der Waals surface area contributed by atoms with Crippen LogP contribution in [0.1, 0.15) is 19.3 Å². The third-order valence-electron chi connectivity index (χ3n) is 3.72. The quantitative estimate of drug-likeness (QED) is 0.646. The van der Waals surface area contributed by atoms with Crippen molar-refractivity contribution in [3.63, 3.8) is 0 Å². The summed E-state index contributed by atoms with van der Waals surface area (Å²) in [6, 6.07) is 0.193. The highest BCUT2D eigenvalue weighted by Gasteiger charge is 2.41. The van der Waals surface area contributed by atoms with Gasteiger partial charge in [0.15, 0.2) is 0 Å². The molecule has 0 aromatic rings. The van der Waals surface area contributed by atoms with Gasteiger partial charge in [-0.1, -0.05) is 28.1 Å². The number of nitrogens with two attached hydrogens (primary N) is 1. The van der Waals surface area contributed by atoms with Crippen molar-refractivity contribution >= 4 is 15.9 Å². The summed E-state index contributed by atoms with van der Waals surface area (Å²) in [5, 5.41) is 0. The molecule has 0 spiro atoms. The lowest BCUT2D eigenvalue weighted by Crippen LogP contribution is -2.31. The molecule has 1 nitrogen and oxygen atoms in total. The van der Waals surface area contributed by atoms with Gasteiger partial charge < -0.3 is 5.73 Å². The van der Waals surface area contributed by atoms with Crippen LogP contribution < -0.4 is 5.73 Å². The van der Waals surface area contributed by atoms with Gasteiger partial charge >= 0.3 is 0 Å². The van der Waals surface area contributed by atoms with Crippen molar-refractivity contribution in [2.24, 2.45) is 17.6 Å². The van der Waals surface area contributed by atoms with E-state index in [2.05, 4.69) is 28.1 Å². The van der Waals surface area contributed by atoms with Crippen LogP contribution in [-0.4, -0.2) is 10.9 Å². The van der Waals surface area contributed by atoms with Gasteiger partial charge in [0.05, 0.1) is 4.83 Å². The van der Waals surface area contributed by atoms with Gasteiger partial charge in [-0.2, -0.15) is 0 Å². The zero-order valence-electron chi connectivity index (χ0n) is 7.54. The van der Waals surface area contributed by atoms with Crippen LogP contribution >= 0.6 is 15.9 Å². The van der Waals surface area contributed by atoms with E-state index in [1.165, 1.54) is 19.3 Å². The second-order valence-corrected chi connectivity index (χ2v) is 5.53. The van der Waals surface area contributed by atoms with Crippen LogP contribution in [0.2, 0.25) is 0 Å². The second kappa shape index (κ2) is 2.71. The molecule has 0 aromatic carbocycles. The van der Waals surface area contributed by atoms with Crippen LogP contribution in [0.3, 0.4) is 0 Å². The van der Waals surface area contributed by atoms with Crippen LogP contribution in [0.5, 0.6) is 0 Å². The molecule has 0 amide bonds. The Hall–Kier alpha value is -0.0800. The second-order valence-electron chi connectivity index (χ2n) is 4.47. The molecule has 70 valence electrons. The third kappa shape index (κ3) is 1.08. The molecule has 4 atom stereocenters. The molecular weight excluding hydrogens is 226 g/mol. The van der Waals surface area contributed by atoms with E-state index in [1.54, 1.807) is 11.1 Å². The van der Waals surface area contributed by atoms with Crippen LogP contribution in [0.25, 0.3) is 0 Å². The molecule has 2 fully saturated rings. The maximum Gasteiger partial charge on any atom is 0.0518 e. The van der Waals surface area contributed by atoms with Crippen molar-refractivity contribution in [2.75, 3.05) is 0 Å². The molecule has 2 saturated carbocycles. The molecule has 4 unspecified atom stereocenters. The zero-order chi connectivity index (χ0) is 9.00. The Labute approximate surface area is 87.2 Å². The van der Waals surface area contributed by atoms with Gasteiger partial charge in [-0.05, 0) is 42.2 Å². The van der Waals surface area contributed by atoms with Crippen molar-refractivity contribution in [2.45, 2.75) is 30.1 Å². The van der Waals surface area contributed by atoms with Crippen LogP contribution in [0, 0.1) is 11.8 Å². The highest BCUT2D eigenvalue weighted by Crippen LogP contribution is 2.53. The predicted octanol–water partition coefficient (Wildman–Crippen LogP) is 2.37. The van der Waals surface area contributed by atoms with Crippen LogP contribution in [0.15, 0.2) is 23.3 Å². The van der Waals surface area contributed by atoms with Gasteiger partial charge in [0.1, 0.15) is 0 Å². The van der Waals surface area contributed by atoms with Crippen molar-refractivity contribution in [3.8, 4) is 0 Å². The minimum atomic E-state index is 0.193. The first kappa shape index (κ1) is 8.25. The monoisotopic (exact) mass is 239 g/mol. The van der Waals surface area contributed by atoms with E-state index < -0.39 is 0 Å². The van der Waals surface area contributed by atoms with Gasteiger partial charge in [-0.15, -0.1) is 0 Å². The first-order chi connectivity index (χ1) is 6.25. The molecule has 3 aliphatic rings. The topological polar surface area (TPSA) is 26.0 Å². The number of halogens is 1. The number of hydrogen-bond acceptors (Lipinski definition) is 1. The Morgan fingerprint density at radius 1 is 1.15 bits per heavy atom. The highest BCUT2D eigenvalue weighted by atomic mass is 79.9. The molecule has 2 heteroatoms. The van der Waals surface area contributed by atoms with E-state index in [-0.39, 0.29) is 6.04 Å². The van der Waals surface area contributed by atoms with E-state index in [0.29, 0.717) is 4.83 Å². The largest absolute Gasteiger partial charge is 0.323 e. The number of hydrogen-bond donors (Lipinski definition) is 1. The molecule has 0 aromatic heterocycles. The number of rotatable bonds is 0. The Balaban J connectivity index is 2.03. The summed E-state index contributed by atoms with van der Waals surface area (Å²) >= 11 is 3.62. The number of alkyl halides is 1. The molecule has 2 N–H and O–H groups in total. The lowest BCUT2D eigenvalue weighted by molar-refractivity contribution is 0.634. The Bertz CT molecular complexity index is 275. The van der Waals surface area contributed by atoms with E-state index in [4.69, 9.17) is 5.73 Å².